The summed E-state index contributed by atoms with van der Waals surface area (Å²) in [6.45, 7) is 8.30. The minimum Gasteiger partial charge on any atom is -0.439 e. The van der Waals surface area contributed by atoms with Gasteiger partial charge in [0.25, 0.3) is 0 Å². The molecule has 0 unspecified atom stereocenters. The summed E-state index contributed by atoms with van der Waals surface area (Å²) in [5.41, 5.74) is 0.180. The van der Waals surface area contributed by atoms with Crippen molar-refractivity contribution < 1.29 is 26.7 Å². The Morgan fingerprint density at radius 1 is 1.15 bits per heavy atom. The number of pyridine rings is 1. The third kappa shape index (κ3) is 8.06. The number of hydrogen-bond donors (Lipinski definition) is 1. The van der Waals surface area contributed by atoms with E-state index in [9.17, 15) is 22.0 Å². The minimum absolute atomic E-state index is 0.0659. The van der Waals surface area contributed by atoms with Gasteiger partial charge >= 0.3 is 6.09 Å². The molecule has 2 aromatic rings. The SMILES string of the molecule is CC(C)(C)NC(=O)O[C@@H](Cc1cc(F)cc(F)c1)c1nc(C#CC(C)(C)S(C)(=O)=O)ccc1Br. The zero-order valence-electron chi connectivity index (χ0n) is 19.8. The second-order valence-corrected chi connectivity index (χ2v) is 12.8. The molecule has 34 heavy (non-hydrogen) atoms. The molecule has 184 valence electrons. The average molecular weight is 557 g/mol. The lowest BCUT2D eigenvalue weighted by molar-refractivity contribution is 0.0884. The molecule has 1 atom stereocenters. The van der Waals surface area contributed by atoms with Gasteiger partial charge in [-0.25, -0.2) is 27.0 Å². The molecule has 0 spiro atoms. The van der Waals surface area contributed by atoms with E-state index in [2.05, 4.69) is 38.1 Å². The number of alkyl carbamates (subject to hydrolysis) is 1. The van der Waals surface area contributed by atoms with E-state index >= 15 is 0 Å². The number of sulfone groups is 1. The van der Waals surface area contributed by atoms with E-state index < -0.39 is 44.0 Å². The van der Waals surface area contributed by atoms with Crippen molar-refractivity contribution in [1.82, 2.24) is 10.3 Å². The van der Waals surface area contributed by atoms with E-state index in [-0.39, 0.29) is 23.4 Å². The number of nitrogens with zero attached hydrogens (tertiary/aromatic N) is 1. The van der Waals surface area contributed by atoms with Gasteiger partial charge in [-0.1, -0.05) is 5.92 Å². The van der Waals surface area contributed by atoms with E-state index in [0.717, 1.165) is 24.5 Å². The van der Waals surface area contributed by atoms with E-state index in [1.165, 1.54) is 13.8 Å². The summed E-state index contributed by atoms with van der Waals surface area (Å²) in [6.07, 6.45) is -0.734. The lowest BCUT2D eigenvalue weighted by Crippen LogP contribution is -2.41. The van der Waals surface area contributed by atoms with Gasteiger partial charge in [0, 0.05) is 28.8 Å². The third-order valence-corrected chi connectivity index (χ3v) is 7.29. The molecule has 1 heterocycles. The van der Waals surface area contributed by atoms with E-state index in [4.69, 9.17) is 4.74 Å². The number of ether oxygens (including phenoxy) is 1. The minimum atomic E-state index is -3.45. The lowest BCUT2D eigenvalue weighted by Gasteiger charge is -2.24. The zero-order chi connectivity index (χ0) is 25.9. The smallest absolute Gasteiger partial charge is 0.408 e. The number of benzene rings is 1. The van der Waals surface area contributed by atoms with Crippen LogP contribution < -0.4 is 5.32 Å². The van der Waals surface area contributed by atoms with Crippen LogP contribution >= 0.6 is 15.9 Å². The van der Waals surface area contributed by atoms with Crippen molar-refractivity contribution in [2.45, 2.75) is 57.4 Å². The zero-order valence-corrected chi connectivity index (χ0v) is 22.2. The van der Waals surface area contributed by atoms with Gasteiger partial charge < -0.3 is 10.1 Å². The highest BCUT2D eigenvalue weighted by Crippen LogP contribution is 2.29. The van der Waals surface area contributed by atoms with Crippen molar-refractivity contribution in [1.29, 1.82) is 0 Å². The van der Waals surface area contributed by atoms with Gasteiger partial charge in [0.1, 0.15) is 22.1 Å². The number of amides is 1. The number of carbonyl (C=O) groups excluding carboxylic acids is 1. The van der Waals surface area contributed by atoms with Crippen LogP contribution in [0.5, 0.6) is 0 Å². The highest BCUT2D eigenvalue weighted by Gasteiger charge is 2.28. The molecule has 0 saturated carbocycles. The molecule has 1 aromatic heterocycles. The molecule has 2 rings (SSSR count). The summed E-state index contributed by atoms with van der Waals surface area (Å²) in [6, 6.07) is 6.25. The predicted molar refractivity (Wildman–Crippen MR) is 130 cm³/mol. The standard InChI is InChI=1S/C24H27BrF2N2O4S/c1-23(2,3)29-22(30)33-20(13-15-11-16(26)14-17(27)12-15)21-19(25)8-7-18(28-21)9-10-24(4,5)34(6,31)32/h7-8,11-12,14,20H,13H2,1-6H3,(H,29,30)/t20-/m0/s1. The van der Waals surface area contributed by atoms with E-state index in [0.29, 0.717) is 4.47 Å². The quantitative estimate of drug-likeness (QED) is 0.517. The summed E-state index contributed by atoms with van der Waals surface area (Å²) in [5.74, 6) is 3.93. The molecule has 0 fully saturated rings. The second kappa shape index (κ2) is 10.4. The van der Waals surface area contributed by atoms with Crippen molar-refractivity contribution >= 4 is 31.9 Å². The molecule has 0 aliphatic carbocycles. The molecule has 6 nitrogen and oxygen atoms in total. The van der Waals surface area contributed by atoms with Crippen LogP contribution in [0.4, 0.5) is 13.6 Å². The van der Waals surface area contributed by atoms with Crippen molar-refractivity contribution in [3.8, 4) is 11.8 Å². The molecular formula is C24H27BrF2N2O4S. The summed E-state index contributed by atoms with van der Waals surface area (Å²) in [5, 5.41) is 2.68. The molecule has 0 aliphatic rings. The molecule has 0 saturated heterocycles. The first-order valence-corrected chi connectivity index (χ1v) is 13.0. The molecule has 0 radical (unpaired) electrons. The van der Waals surface area contributed by atoms with Crippen LogP contribution in [0.1, 0.15) is 57.7 Å². The first kappa shape index (κ1) is 27.7. The Morgan fingerprint density at radius 3 is 2.26 bits per heavy atom. The number of aromatic nitrogens is 1. The molecular weight excluding hydrogens is 530 g/mol. The Labute approximate surface area is 207 Å². The molecule has 0 aliphatic heterocycles. The topological polar surface area (TPSA) is 85.4 Å². The largest absolute Gasteiger partial charge is 0.439 e. The first-order valence-electron chi connectivity index (χ1n) is 10.3. The maximum Gasteiger partial charge on any atom is 0.408 e. The predicted octanol–water partition coefficient (Wildman–Crippen LogP) is 5.11. The highest BCUT2D eigenvalue weighted by atomic mass is 79.9. The highest BCUT2D eigenvalue weighted by molar-refractivity contribution is 9.10. The molecule has 1 aromatic carbocycles. The Kier molecular flexibility index (Phi) is 8.48. The fourth-order valence-electron chi connectivity index (χ4n) is 2.66. The monoisotopic (exact) mass is 556 g/mol. The lowest BCUT2D eigenvalue weighted by atomic mass is 10.0. The Balaban J connectivity index is 2.50. The average Bonchev–Trinajstić information content (AvgIpc) is 2.63. The van der Waals surface area contributed by atoms with Crippen LogP contribution in [-0.2, 0) is 21.0 Å². The molecule has 10 heteroatoms. The van der Waals surface area contributed by atoms with Crippen molar-refractivity contribution in [2.24, 2.45) is 0 Å². The van der Waals surface area contributed by atoms with Gasteiger partial charge in [0.2, 0.25) is 0 Å². The summed E-state index contributed by atoms with van der Waals surface area (Å²) in [7, 11) is -3.45. The van der Waals surface area contributed by atoms with Crippen LogP contribution in [0.2, 0.25) is 0 Å². The number of nitrogens with one attached hydrogen (secondary N) is 1. The fourth-order valence-corrected chi connectivity index (χ4v) is 3.38. The molecule has 0 bridgehead atoms. The summed E-state index contributed by atoms with van der Waals surface area (Å²) >= 11 is 3.38. The summed E-state index contributed by atoms with van der Waals surface area (Å²) in [4.78, 5) is 17.0. The Bertz CT molecular complexity index is 1230. The number of halogens is 3. The molecule has 1 amide bonds. The van der Waals surface area contributed by atoms with Crippen LogP contribution in [-0.4, -0.2) is 36.0 Å². The normalized spacial score (nSPS) is 13.0. The van der Waals surface area contributed by atoms with Gasteiger partial charge in [-0.05, 0) is 86.3 Å². The van der Waals surface area contributed by atoms with Crippen LogP contribution in [0.3, 0.4) is 0 Å². The molecule has 1 N–H and O–H groups in total. The second-order valence-electron chi connectivity index (χ2n) is 9.35. The maximum atomic E-state index is 13.8. The number of carbonyl (C=O) groups is 1. The van der Waals surface area contributed by atoms with Gasteiger partial charge in [0.15, 0.2) is 15.9 Å². The third-order valence-electron chi connectivity index (χ3n) is 4.67. The van der Waals surface area contributed by atoms with Crippen LogP contribution in [0, 0.1) is 23.5 Å². The van der Waals surface area contributed by atoms with Gasteiger partial charge in [0.05, 0.1) is 5.69 Å². The first-order chi connectivity index (χ1) is 15.5. The number of rotatable bonds is 5. The van der Waals surface area contributed by atoms with Crippen LogP contribution in [0.15, 0.2) is 34.8 Å². The Morgan fingerprint density at radius 2 is 1.74 bits per heavy atom. The summed E-state index contributed by atoms with van der Waals surface area (Å²) < 4.78 is 56.2. The van der Waals surface area contributed by atoms with Gasteiger partial charge in [-0.3, -0.25) is 0 Å². The fraction of sp³-hybridized carbons (Fsp3) is 0.417. The number of hydrogen-bond acceptors (Lipinski definition) is 5. The van der Waals surface area contributed by atoms with Crippen molar-refractivity contribution in [3.63, 3.8) is 0 Å². The van der Waals surface area contributed by atoms with Crippen molar-refractivity contribution in [2.75, 3.05) is 6.26 Å². The van der Waals surface area contributed by atoms with E-state index in [1.807, 2.05) is 0 Å². The van der Waals surface area contributed by atoms with Gasteiger partial charge in [-0.15, -0.1) is 0 Å². The van der Waals surface area contributed by atoms with Crippen molar-refractivity contribution in [3.05, 3.63) is 63.4 Å². The van der Waals surface area contributed by atoms with E-state index in [1.54, 1.807) is 32.9 Å². The maximum absolute atomic E-state index is 13.8. The Hall–Kier alpha value is -2.51. The van der Waals surface area contributed by atoms with Gasteiger partial charge in [-0.2, -0.15) is 0 Å². The van der Waals surface area contributed by atoms with Crippen LogP contribution in [0.25, 0.3) is 0 Å².